The standard InChI is InChI=1S/C20H28O7/c1-23-12-27-18-8-7-17(21)15(16(18)11-20(22)26-4)9-13-5-6-14(24-2)10-19(13)25-3/h5-6,10,15-16,18H,7-9,11-12H2,1-4H3/t15-,16+,18+/m1/s1. The third-order valence-corrected chi connectivity index (χ3v) is 5.05. The predicted octanol–water partition coefficient (Wildman–Crippen LogP) is 2.39. The highest BCUT2D eigenvalue weighted by molar-refractivity contribution is 5.83. The van der Waals surface area contributed by atoms with Crippen LogP contribution in [0.25, 0.3) is 0 Å². The molecular formula is C20H28O7. The molecule has 1 saturated carbocycles. The minimum atomic E-state index is -0.359. The van der Waals surface area contributed by atoms with Crippen molar-refractivity contribution in [1.82, 2.24) is 0 Å². The van der Waals surface area contributed by atoms with Crippen molar-refractivity contribution in [3.8, 4) is 11.5 Å². The van der Waals surface area contributed by atoms with Crippen LogP contribution in [0, 0.1) is 11.8 Å². The molecule has 2 rings (SSSR count). The fourth-order valence-electron chi connectivity index (χ4n) is 3.62. The summed E-state index contributed by atoms with van der Waals surface area (Å²) >= 11 is 0. The van der Waals surface area contributed by atoms with Gasteiger partial charge < -0.3 is 23.7 Å². The summed E-state index contributed by atoms with van der Waals surface area (Å²) in [4.78, 5) is 24.7. The minimum Gasteiger partial charge on any atom is -0.497 e. The Morgan fingerprint density at radius 1 is 1.15 bits per heavy atom. The van der Waals surface area contributed by atoms with Gasteiger partial charge in [-0.3, -0.25) is 9.59 Å². The van der Waals surface area contributed by atoms with Crippen LogP contribution in [0.1, 0.15) is 24.8 Å². The maximum Gasteiger partial charge on any atom is 0.305 e. The van der Waals surface area contributed by atoms with Crippen LogP contribution in [0.4, 0.5) is 0 Å². The Labute approximate surface area is 159 Å². The number of ether oxygens (including phenoxy) is 5. The second-order valence-corrected chi connectivity index (χ2v) is 6.55. The van der Waals surface area contributed by atoms with Crippen molar-refractivity contribution in [2.45, 2.75) is 31.8 Å². The molecule has 0 spiro atoms. The van der Waals surface area contributed by atoms with E-state index in [1.807, 2.05) is 12.1 Å². The van der Waals surface area contributed by atoms with E-state index in [2.05, 4.69) is 0 Å². The molecule has 0 saturated heterocycles. The number of hydrogen-bond donors (Lipinski definition) is 0. The van der Waals surface area contributed by atoms with Crippen molar-refractivity contribution in [3.63, 3.8) is 0 Å². The van der Waals surface area contributed by atoms with Crippen molar-refractivity contribution in [2.75, 3.05) is 35.2 Å². The molecule has 0 amide bonds. The molecule has 0 aromatic heterocycles. The number of carbonyl (C=O) groups is 2. The largest absolute Gasteiger partial charge is 0.497 e. The number of esters is 1. The molecule has 0 radical (unpaired) electrons. The van der Waals surface area contributed by atoms with E-state index in [1.54, 1.807) is 27.4 Å². The van der Waals surface area contributed by atoms with Gasteiger partial charge in [0.25, 0.3) is 0 Å². The normalized spacial score (nSPS) is 22.4. The molecule has 1 aliphatic carbocycles. The van der Waals surface area contributed by atoms with Crippen LogP contribution in [0.5, 0.6) is 11.5 Å². The van der Waals surface area contributed by atoms with Gasteiger partial charge in [-0.05, 0) is 24.5 Å². The van der Waals surface area contributed by atoms with E-state index < -0.39 is 0 Å². The molecular weight excluding hydrogens is 352 g/mol. The summed E-state index contributed by atoms with van der Waals surface area (Å²) in [5, 5.41) is 0. The van der Waals surface area contributed by atoms with Crippen molar-refractivity contribution in [3.05, 3.63) is 23.8 Å². The first-order valence-corrected chi connectivity index (χ1v) is 8.95. The van der Waals surface area contributed by atoms with Gasteiger partial charge in [0.2, 0.25) is 0 Å². The lowest BCUT2D eigenvalue weighted by molar-refractivity contribution is -0.154. The Kier molecular flexibility index (Phi) is 8.06. The summed E-state index contributed by atoms with van der Waals surface area (Å²) in [5.41, 5.74) is 0.888. The van der Waals surface area contributed by atoms with Crippen LogP contribution in [0.15, 0.2) is 18.2 Å². The van der Waals surface area contributed by atoms with Crippen LogP contribution in [-0.2, 0) is 30.2 Å². The molecule has 0 aliphatic heterocycles. The van der Waals surface area contributed by atoms with E-state index in [1.165, 1.54) is 7.11 Å². The third-order valence-electron chi connectivity index (χ3n) is 5.05. The maximum atomic E-state index is 12.7. The monoisotopic (exact) mass is 380 g/mol. The molecule has 1 aliphatic rings. The lowest BCUT2D eigenvalue weighted by Gasteiger charge is -2.36. The van der Waals surface area contributed by atoms with E-state index >= 15 is 0 Å². The summed E-state index contributed by atoms with van der Waals surface area (Å²) in [5.74, 6) is 0.464. The van der Waals surface area contributed by atoms with Gasteiger partial charge in [-0.1, -0.05) is 6.07 Å². The fourth-order valence-corrected chi connectivity index (χ4v) is 3.62. The van der Waals surface area contributed by atoms with E-state index in [0.29, 0.717) is 30.8 Å². The van der Waals surface area contributed by atoms with Gasteiger partial charge in [0.15, 0.2) is 0 Å². The average Bonchev–Trinajstić information content (AvgIpc) is 2.69. The molecule has 27 heavy (non-hydrogen) atoms. The zero-order valence-corrected chi connectivity index (χ0v) is 16.4. The highest BCUT2D eigenvalue weighted by Gasteiger charge is 2.41. The van der Waals surface area contributed by atoms with Crippen LogP contribution >= 0.6 is 0 Å². The summed E-state index contributed by atoms with van der Waals surface area (Å²) in [6.07, 6.45) is 1.33. The van der Waals surface area contributed by atoms with E-state index in [0.717, 1.165) is 5.56 Å². The Bertz CT molecular complexity index is 643. The first-order chi connectivity index (χ1) is 13.0. The van der Waals surface area contributed by atoms with Crippen LogP contribution in [0.2, 0.25) is 0 Å². The lowest BCUT2D eigenvalue weighted by atomic mass is 9.72. The van der Waals surface area contributed by atoms with Crippen molar-refractivity contribution < 1.29 is 33.3 Å². The number of carbonyl (C=O) groups excluding carboxylic acids is 2. The van der Waals surface area contributed by atoms with Crippen molar-refractivity contribution in [1.29, 1.82) is 0 Å². The van der Waals surface area contributed by atoms with Gasteiger partial charge in [-0.15, -0.1) is 0 Å². The number of methoxy groups -OCH3 is 4. The number of benzene rings is 1. The molecule has 1 fully saturated rings. The van der Waals surface area contributed by atoms with E-state index in [-0.39, 0.29) is 42.9 Å². The van der Waals surface area contributed by atoms with Gasteiger partial charge in [0, 0.05) is 31.4 Å². The SMILES string of the molecule is COCO[C@H]1CCC(=O)[C@H](Cc2ccc(OC)cc2OC)[C@@H]1CC(=O)OC. The number of ketones is 1. The van der Waals surface area contributed by atoms with Crippen molar-refractivity contribution >= 4 is 11.8 Å². The smallest absolute Gasteiger partial charge is 0.305 e. The highest BCUT2D eigenvalue weighted by Crippen LogP contribution is 2.37. The number of rotatable bonds is 9. The molecule has 150 valence electrons. The first-order valence-electron chi connectivity index (χ1n) is 8.95. The number of Topliss-reactive ketones (excluding diaryl/α,β-unsaturated/α-hetero) is 1. The predicted molar refractivity (Wildman–Crippen MR) is 97.9 cm³/mol. The molecule has 1 aromatic rings. The topological polar surface area (TPSA) is 80.3 Å². The summed E-state index contributed by atoms with van der Waals surface area (Å²) in [7, 11) is 6.06. The van der Waals surface area contributed by atoms with Crippen LogP contribution < -0.4 is 9.47 Å². The first kappa shape index (κ1) is 21.2. The maximum absolute atomic E-state index is 12.7. The number of hydrogen-bond acceptors (Lipinski definition) is 7. The van der Waals surface area contributed by atoms with Crippen molar-refractivity contribution in [2.24, 2.45) is 11.8 Å². The average molecular weight is 380 g/mol. The molecule has 3 atom stereocenters. The van der Waals surface area contributed by atoms with Crippen LogP contribution in [-0.4, -0.2) is 53.1 Å². The Morgan fingerprint density at radius 3 is 2.56 bits per heavy atom. The third kappa shape index (κ3) is 5.43. The fraction of sp³-hybridized carbons (Fsp3) is 0.600. The molecule has 0 N–H and O–H groups in total. The second kappa shape index (κ2) is 10.3. The zero-order valence-electron chi connectivity index (χ0n) is 16.4. The molecule has 0 heterocycles. The second-order valence-electron chi connectivity index (χ2n) is 6.55. The highest BCUT2D eigenvalue weighted by atomic mass is 16.7. The summed E-state index contributed by atoms with van der Waals surface area (Å²) < 4.78 is 26.3. The molecule has 0 unspecified atom stereocenters. The van der Waals surface area contributed by atoms with Crippen LogP contribution in [0.3, 0.4) is 0 Å². The Balaban J connectivity index is 2.28. The summed E-state index contributed by atoms with van der Waals surface area (Å²) in [6, 6.07) is 5.51. The van der Waals surface area contributed by atoms with Gasteiger partial charge in [0.1, 0.15) is 24.1 Å². The lowest BCUT2D eigenvalue weighted by Crippen LogP contribution is -2.42. The zero-order chi connectivity index (χ0) is 19.8. The molecule has 0 bridgehead atoms. The molecule has 1 aromatic carbocycles. The van der Waals surface area contributed by atoms with Gasteiger partial charge >= 0.3 is 5.97 Å². The summed E-state index contributed by atoms with van der Waals surface area (Å²) in [6.45, 7) is 0.120. The van der Waals surface area contributed by atoms with E-state index in [4.69, 9.17) is 23.7 Å². The quantitative estimate of drug-likeness (QED) is 0.481. The Hall–Kier alpha value is -2.12. The van der Waals surface area contributed by atoms with Gasteiger partial charge in [-0.2, -0.15) is 0 Å². The molecule has 7 heteroatoms. The van der Waals surface area contributed by atoms with E-state index in [9.17, 15) is 9.59 Å². The van der Waals surface area contributed by atoms with Gasteiger partial charge in [0.05, 0.1) is 33.9 Å². The Morgan fingerprint density at radius 2 is 1.93 bits per heavy atom. The van der Waals surface area contributed by atoms with Gasteiger partial charge in [-0.25, -0.2) is 0 Å². The minimum absolute atomic E-state index is 0.120. The molecule has 7 nitrogen and oxygen atoms in total.